The number of furan rings is 1. The van der Waals surface area contributed by atoms with Gasteiger partial charge in [0.05, 0.1) is 30.2 Å². The van der Waals surface area contributed by atoms with Crippen LogP contribution in [0.1, 0.15) is 21.7 Å². The molecular formula is C17H21N3O5S. The number of nitrogens with zero attached hydrogens (tertiary/aromatic N) is 1. The van der Waals surface area contributed by atoms with Gasteiger partial charge in [0.15, 0.2) is 0 Å². The van der Waals surface area contributed by atoms with Crippen molar-refractivity contribution < 1.29 is 22.4 Å². The minimum atomic E-state index is -3.51. The van der Waals surface area contributed by atoms with Crippen LogP contribution in [-0.4, -0.2) is 44.9 Å². The van der Waals surface area contributed by atoms with E-state index in [1.807, 2.05) is 0 Å². The predicted octanol–water partition coefficient (Wildman–Crippen LogP) is 0.689. The van der Waals surface area contributed by atoms with Crippen LogP contribution in [0, 0.1) is 0 Å². The van der Waals surface area contributed by atoms with Crippen molar-refractivity contribution in [2.45, 2.75) is 18.0 Å². The Kier molecular flexibility index (Phi) is 5.72. The van der Waals surface area contributed by atoms with E-state index >= 15 is 0 Å². The van der Waals surface area contributed by atoms with E-state index < -0.39 is 10.0 Å². The molecule has 0 bridgehead atoms. The van der Waals surface area contributed by atoms with Gasteiger partial charge in [0.1, 0.15) is 12.0 Å². The molecule has 1 fully saturated rings. The van der Waals surface area contributed by atoms with Crippen LogP contribution in [0.4, 0.5) is 0 Å². The molecule has 1 aliphatic rings. The van der Waals surface area contributed by atoms with Crippen molar-refractivity contribution in [1.82, 2.24) is 9.62 Å². The molecule has 3 N–H and O–H groups in total. The molecule has 0 saturated carbocycles. The molecule has 9 heteroatoms. The maximum atomic E-state index is 12.6. The van der Waals surface area contributed by atoms with E-state index in [1.165, 1.54) is 10.6 Å². The molecule has 1 amide bonds. The fourth-order valence-corrected chi connectivity index (χ4v) is 4.01. The highest BCUT2D eigenvalue weighted by molar-refractivity contribution is 7.89. The van der Waals surface area contributed by atoms with Crippen LogP contribution in [0.3, 0.4) is 0 Å². The highest BCUT2D eigenvalue weighted by Gasteiger charge is 2.26. The van der Waals surface area contributed by atoms with Gasteiger partial charge in [-0.15, -0.1) is 0 Å². The van der Waals surface area contributed by atoms with Gasteiger partial charge in [0, 0.05) is 19.6 Å². The van der Waals surface area contributed by atoms with Crippen molar-refractivity contribution in [3.63, 3.8) is 0 Å². The number of nitrogens with one attached hydrogen (secondary N) is 1. The second-order valence-electron chi connectivity index (χ2n) is 5.85. The smallest absolute Gasteiger partial charge is 0.254 e. The van der Waals surface area contributed by atoms with Crippen LogP contribution in [-0.2, 0) is 27.8 Å². The van der Waals surface area contributed by atoms with E-state index in [0.717, 1.165) is 5.56 Å². The van der Waals surface area contributed by atoms with Crippen LogP contribution >= 0.6 is 0 Å². The van der Waals surface area contributed by atoms with Gasteiger partial charge in [-0.05, 0) is 23.8 Å². The molecule has 1 aliphatic heterocycles. The first-order valence-electron chi connectivity index (χ1n) is 8.23. The zero-order valence-electron chi connectivity index (χ0n) is 14.2. The van der Waals surface area contributed by atoms with Crippen molar-refractivity contribution in [1.29, 1.82) is 0 Å². The summed E-state index contributed by atoms with van der Waals surface area (Å²) in [5.74, 6) is 0.256. The number of benzene rings is 1. The average Bonchev–Trinajstić information content (AvgIpc) is 3.16. The fourth-order valence-electron chi connectivity index (χ4n) is 2.61. The highest BCUT2D eigenvalue weighted by Crippen LogP contribution is 2.17. The number of sulfonamides is 1. The summed E-state index contributed by atoms with van der Waals surface area (Å²) in [4.78, 5) is 12.3. The molecule has 8 nitrogen and oxygen atoms in total. The first-order valence-corrected chi connectivity index (χ1v) is 9.67. The first-order chi connectivity index (χ1) is 12.5. The van der Waals surface area contributed by atoms with Crippen molar-refractivity contribution in [2.75, 3.05) is 26.3 Å². The lowest BCUT2D eigenvalue weighted by molar-refractivity contribution is 0.0730. The van der Waals surface area contributed by atoms with Gasteiger partial charge >= 0.3 is 0 Å². The Morgan fingerprint density at radius 3 is 2.50 bits per heavy atom. The molecule has 26 heavy (non-hydrogen) atoms. The lowest BCUT2D eigenvalue weighted by Gasteiger charge is -2.26. The van der Waals surface area contributed by atoms with Crippen molar-refractivity contribution in [3.05, 3.63) is 53.5 Å². The van der Waals surface area contributed by atoms with Gasteiger partial charge in [-0.25, -0.2) is 8.42 Å². The van der Waals surface area contributed by atoms with E-state index in [-0.39, 0.29) is 23.9 Å². The molecule has 0 atom stereocenters. The number of hydrogen-bond acceptors (Lipinski definition) is 6. The molecule has 0 unspecified atom stereocenters. The summed E-state index contributed by atoms with van der Waals surface area (Å²) in [6.07, 6.45) is 1.36. The Morgan fingerprint density at radius 2 is 1.88 bits per heavy atom. The standard InChI is InChI=1S/C17H21N3O5S/c18-10-15-9-14(12-25-15)17(21)19-11-13-1-3-16(4-2-13)26(22,23)20-5-7-24-8-6-20/h1-4,9,12H,5-8,10-11,18H2,(H,19,21). The van der Waals surface area contributed by atoms with Gasteiger partial charge in [0.2, 0.25) is 10.0 Å². The molecule has 1 aromatic heterocycles. The Bertz CT molecular complexity index is 855. The number of amides is 1. The number of ether oxygens (including phenoxy) is 1. The molecule has 140 valence electrons. The quantitative estimate of drug-likeness (QED) is 0.763. The number of hydrogen-bond donors (Lipinski definition) is 2. The number of carbonyl (C=O) groups is 1. The zero-order chi connectivity index (χ0) is 18.6. The van der Waals surface area contributed by atoms with Crippen molar-refractivity contribution >= 4 is 15.9 Å². The number of rotatable bonds is 6. The summed E-state index contributed by atoms with van der Waals surface area (Å²) < 4.78 is 36.9. The molecule has 0 spiro atoms. The summed E-state index contributed by atoms with van der Waals surface area (Å²) in [5.41, 5.74) is 6.64. The summed E-state index contributed by atoms with van der Waals surface area (Å²) in [6.45, 7) is 2.03. The maximum absolute atomic E-state index is 12.6. The van der Waals surface area contributed by atoms with E-state index in [2.05, 4.69) is 5.32 Å². The maximum Gasteiger partial charge on any atom is 0.254 e. The normalized spacial score (nSPS) is 15.7. The van der Waals surface area contributed by atoms with Gasteiger partial charge in [-0.2, -0.15) is 4.31 Å². The van der Waals surface area contributed by atoms with Crippen molar-refractivity contribution in [3.8, 4) is 0 Å². The van der Waals surface area contributed by atoms with Gasteiger partial charge < -0.3 is 20.2 Å². The van der Waals surface area contributed by atoms with Crippen LogP contribution in [0.25, 0.3) is 0 Å². The molecule has 2 aromatic rings. The van der Waals surface area contributed by atoms with E-state index in [4.69, 9.17) is 14.9 Å². The predicted molar refractivity (Wildman–Crippen MR) is 93.8 cm³/mol. The van der Waals surface area contributed by atoms with Gasteiger partial charge in [0.25, 0.3) is 5.91 Å². The topological polar surface area (TPSA) is 115 Å². The summed E-state index contributed by atoms with van der Waals surface area (Å²) in [7, 11) is -3.51. The van der Waals surface area contributed by atoms with Gasteiger partial charge in [-0.1, -0.05) is 12.1 Å². The summed E-state index contributed by atoms with van der Waals surface area (Å²) in [6, 6.07) is 8.07. The Labute approximate surface area is 152 Å². The second-order valence-corrected chi connectivity index (χ2v) is 7.79. The SMILES string of the molecule is NCc1cc(C(=O)NCc2ccc(S(=O)(=O)N3CCOCC3)cc2)co1. The third-order valence-electron chi connectivity index (χ3n) is 4.10. The second kappa shape index (κ2) is 8.00. The lowest BCUT2D eigenvalue weighted by Crippen LogP contribution is -2.40. The summed E-state index contributed by atoms with van der Waals surface area (Å²) >= 11 is 0. The largest absolute Gasteiger partial charge is 0.467 e. The number of carbonyl (C=O) groups excluding carboxylic acids is 1. The molecule has 3 rings (SSSR count). The van der Waals surface area contributed by atoms with Crippen LogP contribution < -0.4 is 11.1 Å². The van der Waals surface area contributed by atoms with Crippen LogP contribution in [0.15, 0.2) is 45.9 Å². The molecule has 2 heterocycles. The van der Waals surface area contributed by atoms with Crippen LogP contribution in [0.5, 0.6) is 0 Å². The Balaban J connectivity index is 1.61. The molecular weight excluding hydrogens is 358 g/mol. The van der Waals surface area contributed by atoms with Gasteiger partial charge in [-0.3, -0.25) is 4.79 Å². The van der Waals surface area contributed by atoms with E-state index in [1.54, 1.807) is 30.3 Å². The zero-order valence-corrected chi connectivity index (χ0v) is 15.0. The number of nitrogens with two attached hydrogens (primary N) is 1. The van der Waals surface area contributed by atoms with E-state index in [0.29, 0.717) is 37.6 Å². The highest BCUT2D eigenvalue weighted by atomic mass is 32.2. The first kappa shape index (κ1) is 18.6. The minimum Gasteiger partial charge on any atom is -0.467 e. The molecule has 1 aromatic carbocycles. The number of morpholine rings is 1. The van der Waals surface area contributed by atoms with E-state index in [9.17, 15) is 13.2 Å². The molecule has 0 aliphatic carbocycles. The average molecular weight is 379 g/mol. The minimum absolute atomic E-state index is 0.229. The monoisotopic (exact) mass is 379 g/mol. The third kappa shape index (κ3) is 4.13. The van der Waals surface area contributed by atoms with Crippen molar-refractivity contribution in [2.24, 2.45) is 5.73 Å². The lowest BCUT2D eigenvalue weighted by atomic mass is 10.2. The fraction of sp³-hybridized carbons (Fsp3) is 0.353. The molecule has 1 saturated heterocycles. The Hall–Kier alpha value is -2.20. The van der Waals surface area contributed by atoms with Crippen LogP contribution in [0.2, 0.25) is 0 Å². The summed E-state index contributed by atoms with van der Waals surface area (Å²) in [5, 5.41) is 2.76. The third-order valence-corrected chi connectivity index (χ3v) is 6.01. The molecule has 0 radical (unpaired) electrons. The Morgan fingerprint density at radius 1 is 1.19 bits per heavy atom.